The van der Waals surface area contributed by atoms with Crippen LogP contribution >= 0.6 is 0 Å². The number of amidine groups is 2. The van der Waals surface area contributed by atoms with Crippen LogP contribution in [0.2, 0.25) is 0 Å². The van der Waals surface area contributed by atoms with E-state index in [9.17, 15) is 0 Å². The van der Waals surface area contributed by atoms with Crippen LogP contribution in [0.3, 0.4) is 0 Å². The summed E-state index contributed by atoms with van der Waals surface area (Å²) in [5, 5.41) is 10.8. The maximum atomic E-state index is 7.60. The monoisotopic (exact) mass is 181 g/mol. The summed E-state index contributed by atoms with van der Waals surface area (Å²) in [4.78, 5) is 4.24. The molecule has 0 amide bonds. The average molecular weight is 181 g/mol. The molecule has 1 fully saturated rings. The van der Waals surface area contributed by atoms with Gasteiger partial charge in [0.2, 0.25) is 0 Å². The van der Waals surface area contributed by atoms with Crippen molar-refractivity contribution in [1.29, 1.82) is 5.41 Å². The Hall–Kier alpha value is -0.860. The highest BCUT2D eigenvalue weighted by atomic mass is 15.0. The fraction of sp³-hybridized carbons (Fsp3) is 0.800. The summed E-state index contributed by atoms with van der Waals surface area (Å²) in [6.45, 7) is 3.20. The Morgan fingerprint density at radius 2 is 2.38 bits per heavy atom. The zero-order valence-electron chi connectivity index (χ0n) is 8.40. The predicted octanol–water partition coefficient (Wildman–Crippen LogP) is 2.33. The Bertz CT molecular complexity index is 188. The number of unbranched alkanes of at least 4 members (excludes halogenated alkanes) is 2. The van der Waals surface area contributed by atoms with Crippen LogP contribution in [-0.2, 0) is 0 Å². The fourth-order valence-electron chi connectivity index (χ4n) is 1.43. The minimum absolute atomic E-state index is 0.540. The molecule has 1 heterocycles. The summed E-state index contributed by atoms with van der Waals surface area (Å²) in [5.41, 5.74) is 0. The third-order valence-electron chi connectivity index (χ3n) is 2.21. The highest BCUT2D eigenvalue weighted by Crippen LogP contribution is 2.03. The topological polar surface area (TPSA) is 48.2 Å². The van der Waals surface area contributed by atoms with Crippen molar-refractivity contribution in [1.82, 2.24) is 5.32 Å². The molecule has 13 heavy (non-hydrogen) atoms. The fourth-order valence-corrected chi connectivity index (χ4v) is 1.43. The van der Waals surface area contributed by atoms with Gasteiger partial charge in [-0.25, -0.2) is 4.99 Å². The van der Waals surface area contributed by atoms with Crippen LogP contribution in [0.4, 0.5) is 0 Å². The lowest BCUT2D eigenvalue weighted by molar-refractivity contribution is 0.738. The van der Waals surface area contributed by atoms with Crippen molar-refractivity contribution in [3.05, 3.63) is 0 Å². The SMILES string of the molecule is CCCCCC(=N)/N=C1/CCCN1. The zero-order chi connectivity index (χ0) is 9.52. The van der Waals surface area contributed by atoms with E-state index in [1.165, 1.54) is 19.3 Å². The van der Waals surface area contributed by atoms with E-state index in [1.807, 2.05) is 0 Å². The molecule has 1 aliphatic rings. The van der Waals surface area contributed by atoms with Crippen molar-refractivity contribution in [3.8, 4) is 0 Å². The van der Waals surface area contributed by atoms with E-state index in [4.69, 9.17) is 5.41 Å². The molecule has 0 aromatic rings. The van der Waals surface area contributed by atoms with E-state index in [2.05, 4.69) is 17.2 Å². The molecule has 0 bridgehead atoms. The molecule has 0 spiro atoms. The molecule has 1 rings (SSSR count). The summed E-state index contributed by atoms with van der Waals surface area (Å²) >= 11 is 0. The number of nitrogens with one attached hydrogen (secondary N) is 2. The second-order valence-corrected chi connectivity index (χ2v) is 3.49. The number of aliphatic imine (C=N–C) groups is 1. The van der Waals surface area contributed by atoms with Gasteiger partial charge in [0.05, 0.1) is 0 Å². The lowest BCUT2D eigenvalue weighted by Crippen LogP contribution is -2.15. The van der Waals surface area contributed by atoms with Gasteiger partial charge in [-0.15, -0.1) is 0 Å². The Labute approximate surface area is 80.1 Å². The van der Waals surface area contributed by atoms with Crippen molar-refractivity contribution in [2.45, 2.75) is 45.4 Å². The summed E-state index contributed by atoms with van der Waals surface area (Å²) in [7, 11) is 0. The van der Waals surface area contributed by atoms with Crippen molar-refractivity contribution < 1.29 is 0 Å². The first-order chi connectivity index (χ1) is 6.33. The van der Waals surface area contributed by atoms with Crippen LogP contribution in [-0.4, -0.2) is 18.2 Å². The summed E-state index contributed by atoms with van der Waals surface area (Å²) < 4.78 is 0. The van der Waals surface area contributed by atoms with E-state index in [0.717, 1.165) is 31.6 Å². The van der Waals surface area contributed by atoms with Gasteiger partial charge < -0.3 is 5.32 Å². The third kappa shape index (κ3) is 4.06. The number of hydrogen-bond donors (Lipinski definition) is 2. The molecule has 1 aliphatic heterocycles. The van der Waals surface area contributed by atoms with Gasteiger partial charge in [0.1, 0.15) is 11.7 Å². The van der Waals surface area contributed by atoms with Gasteiger partial charge in [-0.2, -0.15) is 0 Å². The number of rotatable bonds is 4. The molecule has 3 nitrogen and oxygen atoms in total. The molecular weight excluding hydrogens is 162 g/mol. The van der Waals surface area contributed by atoms with Crippen LogP contribution in [0, 0.1) is 5.41 Å². The van der Waals surface area contributed by atoms with Gasteiger partial charge in [0.25, 0.3) is 0 Å². The van der Waals surface area contributed by atoms with Crippen molar-refractivity contribution in [2.24, 2.45) is 4.99 Å². The molecule has 1 saturated heterocycles. The number of nitrogens with zero attached hydrogens (tertiary/aromatic N) is 1. The highest BCUT2D eigenvalue weighted by Gasteiger charge is 2.06. The molecule has 0 atom stereocenters. The van der Waals surface area contributed by atoms with Crippen LogP contribution in [0.1, 0.15) is 45.4 Å². The van der Waals surface area contributed by atoms with Gasteiger partial charge in [-0.1, -0.05) is 19.8 Å². The Kier molecular flexibility index (Phi) is 4.50. The summed E-state index contributed by atoms with van der Waals surface area (Å²) in [5.74, 6) is 1.55. The largest absolute Gasteiger partial charge is 0.373 e. The minimum atomic E-state index is 0.540. The molecule has 0 unspecified atom stereocenters. The standard InChI is InChI=1S/C10H19N3/c1-2-3-4-6-9(11)13-10-7-5-8-12-10/h2-8H2,1H3,(H2,11,12,13). The number of hydrogen-bond acceptors (Lipinski definition) is 1. The summed E-state index contributed by atoms with van der Waals surface area (Å²) in [6, 6.07) is 0. The smallest absolute Gasteiger partial charge is 0.122 e. The maximum absolute atomic E-state index is 7.60. The Balaban J connectivity index is 2.19. The molecular formula is C10H19N3. The van der Waals surface area contributed by atoms with Crippen molar-refractivity contribution >= 4 is 11.7 Å². The molecule has 74 valence electrons. The van der Waals surface area contributed by atoms with Gasteiger partial charge in [0, 0.05) is 19.4 Å². The highest BCUT2D eigenvalue weighted by molar-refractivity contribution is 5.96. The predicted molar refractivity (Wildman–Crippen MR) is 56.5 cm³/mol. The van der Waals surface area contributed by atoms with E-state index in [1.54, 1.807) is 0 Å². The summed E-state index contributed by atoms with van der Waals surface area (Å²) in [6.07, 6.45) is 6.55. The first kappa shape index (κ1) is 10.2. The van der Waals surface area contributed by atoms with Crippen molar-refractivity contribution in [3.63, 3.8) is 0 Å². The van der Waals surface area contributed by atoms with Gasteiger partial charge in [0.15, 0.2) is 0 Å². The van der Waals surface area contributed by atoms with Crippen molar-refractivity contribution in [2.75, 3.05) is 6.54 Å². The lowest BCUT2D eigenvalue weighted by atomic mass is 10.2. The van der Waals surface area contributed by atoms with Gasteiger partial charge >= 0.3 is 0 Å². The molecule has 3 heteroatoms. The van der Waals surface area contributed by atoms with E-state index in [0.29, 0.717) is 5.84 Å². The molecule has 0 radical (unpaired) electrons. The second-order valence-electron chi connectivity index (χ2n) is 3.49. The quantitative estimate of drug-likeness (QED) is 0.390. The Morgan fingerprint density at radius 3 is 3.00 bits per heavy atom. The van der Waals surface area contributed by atoms with Gasteiger partial charge in [-0.3, -0.25) is 5.41 Å². The van der Waals surface area contributed by atoms with Crippen LogP contribution < -0.4 is 5.32 Å². The van der Waals surface area contributed by atoms with Crippen LogP contribution in [0.15, 0.2) is 4.99 Å². The van der Waals surface area contributed by atoms with Crippen LogP contribution in [0.25, 0.3) is 0 Å². The maximum Gasteiger partial charge on any atom is 0.122 e. The third-order valence-corrected chi connectivity index (χ3v) is 2.21. The molecule has 0 aromatic heterocycles. The van der Waals surface area contributed by atoms with E-state index < -0.39 is 0 Å². The first-order valence-electron chi connectivity index (χ1n) is 5.21. The molecule has 0 aliphatic carbocycles. The minimum Gasteiger partial charge on any atom is -0.373 e. The van der Waals surface area contributed by atoms with Crippen LogP contribution in [0.5, 0.6) is 0 Å². The van der Waals surface area contributed by atoms with Gasteiger partial charge in [-0.05, 0) is 12.8 Å². The first-order valence-corrected chi connectivity index (χ1v) is 5.21. The van der Waals surface area contributed by atoms with E-state index in [-0.39, 0.29) is 0 Å². The second kappa shape index (κ2) is 5.73. The molecule has 2 N–H and O–H groups in total. The zero-order valence-corrected chi connectivity index (χ0v) is 8.40. The normalized spacial score (nSPS) is 19.0. The Morgan fingerprint density at radius 1 is 1.54 bits per heavy atom. The molecule has 0 saturated carbocycles. The molecule has 0 aromatic carbocycles. The lowest BCUT2D eigenvalue weighted by Gasteiger charge is -1.99. The average Bonchev–Trinajstić information content (AvgIpc) is 2.57. The van der Waals surface area contributed by atoms with E-state index >= 15 is 0 Å².